The molecule has 1 N–H and O–H groups in total. The summed E-state index contributed by atoms with van der Waals surface area (Å²) in [4.78, 5) is 25.5. The molecule has 2 amide bonds. The highest BCUT2D eigenvalue weighted by Crippen LogP contribution is 2.16. The van der Waals surface area contributed by atoms with E-state index < -0.39 is 0 Å². The number of amides is 2. The second-order valence-electron chi connectivity index (χ2n) is 6.19. The average molecular weight is 341 g/mol. The largest absolute Gasteiger partial charge is 0.360 e. The van der Waals surface area contributed by atoms with Crippen LogP contribution in [0.25, 0.3) is 6.08 Å². The zero-order valence-corrected chi connectivity index (χ0v) is 15.2. The van der Waals surface area contributed by atoms with Crippen LogP contribution >= 0.6 is 0 Å². The maximum Gasteiger partial charge on any atom is 0.246 e. The summed E-state index contributed by atoms with van der Waals surface area (Å²) in [5.74, 6) is 0.361. The van der Waals surface area contributed by atoms with Gasteiger partial charge in [0.05, 0.1) is 6.54 Å². The van der Waals surface area contributed by atoms with Gasteiger partial charge >= 0.3 is 0 Å². The predicted octanol–water partition coefficient (Wildman–Crippen LogP) is 3.02. The van der Waals surface area contributed by atoms with E-state index in [2.05, 4.69) is 23.5 Å². The minimum absolute atomic E-state index is 0.0685. The molecule has 0 atom stereocenters. The van der Waals surface area contributed by atoms with Crippen molar-refractivity contribution in [3.8, 4) is 0 Å². The van der Waals surface area contributed by atoms with E-state index in [9.17, 15) is 9.59 Å². The molecule has 25 heavy (non-hydrogen) atoms. The SMILES string of the molecule is Cc1cc(NC(=O)CN(C)C(=O)/C=C/c2cc(C)c(C)cc2C)no1. The van der Waals surface area contributed by atoms with Gasteiger partial charge in [0.25, 0.3) is 0 Å². The molecule has 132 valence electrons. The van der Waals surface area contributed by atoms with E-state index >= 15 is 0 Å². The van der Waals surface area contributed by atoms with E-state index in [-0.39, 0.29) is 18.4 Å². The Bertz CT molecular complexity index is 821. The number of likely N-dealkylation sites (N-methyl/N-ethyl adjacent to an activating group) is 1. The number of carbonyl (C=O) groups is 2. The van der Waals surface area contributed by atoms with Gasteiger partial charge < -0.3 is 14.7 Å². The van der Waals surface area contributed by atoms with Gasteiger partial charge in [-0.25, -0.2) is 0 Å². The van der Waals surface area contributed by atoms with Crippen molar-refractivity contribution in [2.24, 2.45) is 0 Å². The summed E-state index contributed by atoms with van der Waals surface area (Å²) in [6.07, 6.45) is 3.25. The Morgan fingerprint density at radius 1 is 1.12 bits per heavy atom. The molecule has 0 spiro atoms. The Morgan fingerprint density at radius 2 is 1.80 bits per heavy atom. The summed E-state index contributed by atoms with van der Waals surface area (Å²) < 4.78 is 4.88. The second-order valence-corrected chi connectivity index (χ2v) is 6.19. The first-order chi connectivity index (χ1) is 11.8. The van der Waals surface area contributed by atoms with Crippen LogP contribution in [0.5, 0.6) is 0 Å². The lowest BCUT2D eigenvalue weighted by atomic mass is 10.0. The zero-order chi connectivity index (χ0) is 18.6. The highest BCUT2D eigenvalue weighted by molar-refractivity contribution is 5.97. The molecule has 1 heterocycles. The maximum absolute atomic E-state index is 12.2. The number of aromatic nitrogens is 1. The van der Waals surface area contributed by atoms with Gasteiger partial charge in [-0.3, -0.25) is 9.59 Å². The van der Waals surface area contributed by atoms with E-state index in [0.717, 1.165) is 11.1 Å². The van der Waals surface area contributed by atoms with Crippen LogP contribution in [0, 0.1) is 27.7 Å². The Balaban J connectivity index is 1.95. The number of rotatable bonds is 5. The molecule has 0 aliphatic heterocycles. The number of nitrogens with one attached hydrogen (secondary N) is 1. The highest BCUT2D eigenvalue weighted by Gasteiger charge is 2.12. The summed E-state index contributed by atoms with van der Waals surface area (Å²) >= 11 is 0. The number of nitrogens with zero attached hydrogens (tertiary/aromatic N) is 2. The number of carbonyl (C=O) groups excluding carboxylic acids is 2. The molecule has 1 aromatic heterocycles. The first-order valence-electron chi connectivity index (χ1n) is 8.00. The van der Waals surface area contributed by atoms with Crippen molar-refractivity contribution in [2.45, 2.75) is 27.7 Å². The van der Waals surface area contributed by atoms with Gasteiger partial charge in [-0.15, -0.1) is 0 Å². The van der Waals surface area contributed by atoms with E-state index in [0.29, 0.717) is 11.6 Å². The fourth-order valence-electron chi connectivity index (χ4n) is 2.35. The van der Waals surface area contributed by atoms with E-state index in [1.54, 1.807) is 26.1 Å². The molecule has 0 saturated heterocycles. The molecular formula is C19H23N3O3. The molecule has 0 unspecified atom stereocenters. The van der Waals surface area contributed by atoms with Gasteiger partial charge in [-0.05, 0) is 56.0 Å². The van der Waals surface area contributed by atoms with Gasteiger partial charge in [-0.2, -0.15) is 0 Å². The molecule has 6 heteroatoms. The smallest absolute Gasteiger partial charge is 0.246 e. The first-order valence-corrected chi connectivity index (χ1v) is 8.00. The lowest BCUT2D eigenvalue weighted by molar-refractivity contribution is -0.129. The van der Waals surface area contributed by atoms with Crippen molar-refractivity contribution >= 4 is 23.7 Å². The van der Waals surface area contributed by atoms with Gasteiger partial charge in [0.15, 0.2) is 5.82 Å². The van der Waals surface area contributed by atoms with Gasteiger partial charge in [0.2, 0.25) is 11.8 Å². The molecule has 2 aromatic rings. The van der Waals surface area contributed by atoms with Crippen LogP contribution in [-0.4, -0.2) is 35.5 Å². The third-order valence-electron chi connectivity index (χ3n) is 3.94. The zero-order valence-electron chi connectivity index (χ0n) is 15.2. The van der Waals surface area contributed by atoms with Crippen LogP contribution in [0.4, 0.5) is 5.82 Å². The second kappa shape index (κ2) is 7.79. The fourth-order valence-corrected chi connectivity index (χ4v) is 2.35. The molecule has 0 bridgehead atoms. The van der Waals surface area contributed by atoms with Crippen LogP contribution in [0.1, 0.15) is 28.0 Å². The first kappa shape index (κ1) is 18.4. The molecular weight excluding hydrogens is 318 g/mol. The average Bonchev–Trinajstić information content (AvgIpc) is 2.93. The quantitative estimate of drug-likeness (QED) is 0.848. The summed E-state index contributed by atoms with van der Waals surface area (Å²) in [6.45, 7) is 7.77. The number of aryl methyl sites for hydroxylation is 4. The van der Waals surface area contributed by atoms with Crippen molar-refractivity contribution in [1.29, 1.82) is 0 Å². The third kappa shape index (κ3) is 5.04. The minimum atomic E-state index is -0.333. The van der Waals surface area contributed by atoms with Crippen LogP contribution < -0.4 is 5.32 Å². The summed E-state index contributed by atoms with van der Waals surface area (Å²) in [7, 11) is 1.58. The van der Waals surface area contributed by atoms with E-state index in [1.807, 2.05) is 19.9 Å². The van der Waals surface area contributed by atoms with Crippen molar-refractivity contribution in [3.05, 3.63) is 52.3 Å². The molecule has 0 aliphatic rings. The van der Waals surface area contributed by atoms with Crippen molar-refractivity contribution < 1.29 is 14.1 Å². The summed E-state index contributed by atoms with van der Waals surface area (Å²) in [6, 6.07) is 5.76. The lowest BCUT2D eigenvalue weighted by Gasteiger charge is -2.14. The third-order valence-corrected chi connectivity index (χ3v) is 3.94. The van der Waals surface area contributed by atoms with Crippen LogP contribution in [0.3, 0.4) is 0 Å². The molecule has 0 saturated carbocycles. The van der Waals surface area contributed by atoms with E-state index in [4.69, 9.17) is 4.52 Å². The lowest BCUT2D eigenvalue weighted by Crippen LogP contribution is -2.33. The maximum atomic E-state index is 12.2. The topological polar surface area (TPSA) is 75.4 Å². The summed E-state index contributed by atoms with van der Waals surface area (Å²) in [5.41, 5.74) is 4.49. The van der Waals surface area contributed by atoms with Crippen molar-refractivity contribution in [3.63, 3.8) is 0 Å². The van der Waals surface area contributed by atoms with Crippen LogP contribution in [0.15, 0.2) is 28.8 Å². The minimum Gasteiger partial charge on any atom is -0.360 e. The molecule has 6 nitrogen and oxygen atoms in total. The van der Waals surface area contributed by atoms with Crippen molar-refractivity contribution in [2.75, 3.05) is 18.9 Å². The van der Waals surface area contributed by atoms with Gasteiger partial charge in [0.1, 0.15) is 5.76 Å². The monoisotopic (exact) mass is 341 g/mol. The summed E-state index contributed by atoms with van der Waals surface area (Å²) in [5, 5.41) is 6.27. The molecule has 0 fully saturated rings. The number of benzene rings is 1. The normalized spacial score (nSPS) is 10.9. The number of anilines is 1. The Hall–Kier alpha value is -2.89. The Labute approximate surface area is 147 Å². The van der Waals surface area contributed by atoms with Gasteiger partial charge in [0, 0.05) is 19.2 Å². The van der Waals surface area contributed by atoms with Crippen LogP contribution in [0.2, 0.25) is 0 Å². The van der Waals surface area contributed by atoms with Crippen molar-refractivity contribution in [1.82, 2.24) is 10.1 Å². The Morgan fingerprint density at radius 3 is 2.44 bits per heavy atom. The standard InChI is InChI=1S/C19H23N3O3/c1-12-8-14(3)16(9-13(12)2)6-7-19(24)22(5)11-18(23)20-17-10-15(4)25-21-17/h6-10H,11H2,1-5H3,(H,20,21,23)/b7-6+. The molecule has 0 radical (unpaired) electrons. The number of hydrogen-bond acceptors (Lipinski definition) is 4. The van der Waals surface area contributed by atoms with Crippen LogP contribution in [-0.2, 0) is 9.59 Å². The molecule has 2 rings (SSSR count). The molecule has 1 aromatic carbocycles. The molecule has 0 aliphatic carbocycles. The van der Waals surface area contributed by atoms with Gasteiger partial charge in [-0.1, -0.05) is 17.3 Å². The predicted molar refractivity (Wildman–Crippen MR) is 97.2 cm³/mol. The number of hydrogen-bond donors (Lipinski definition) is 1. The van der Waals surface area contributed by atoms with E-state index in [1.165, 1.54) is 22.1 Å². The fraction of sp³-hybridized carbons (Fsp3) is 0.316. The Kier molecular flexibility index (Phi) is 5.75. The highest BCUT2D eigenvalue weighted by atomic mass is 16.5.